The van der Waals surface area contributed by atoms with E-state index in [2.05, 4.69) is 18.7 Å². The molecule has 0 bridgehead atoms. The lowest BCUT2D eigenvalue weighted by Gasteiger charge is -2.30. The molecule has 4 N–H and O–H groups in total. The second-order valence-corrected chi connectivity index (χ2v) is 6.32. The number of primary sulfonamides is 1. The average molecular weight is 285 g/mol. The molecule has 0 aliphatic heterocycles. The van der Waals surface area contributed by atoms with Gasteiger partial charge in [0.25, 0.3) is 0 Å². The molecule has 108 valence electrons. The van der Waals surface area contributed by atoms with E-state index in [1.54, 1.807) is 13.0 Å². The van der Waals surface area contributed by atoms with Gasteiger partial charge in [-0.1, -0.05) is 13.8 Å². The number of nitrogen functional groups attached to an aromatic ring is 1. The van der Waals surface area contributed by atoms with Crippen molar-refractivity contribution in [2.24, 2.45) is 5.14 Å². The largest absolute Gasteiger partial charge is 0.399 e. The second-order valence-electron chi connectivity index (χ2n) is 4.79. The maximum absolute atomic E-state index is 11.6. The van der Waals surface area contributed by atoms with Crippen molar-refractivity contribution >= 4 is 21.4 Å². The minimum atomic E-state index is -3.76. The van der Waals surface area contributed by atoms with Crippen LogP contribution in [-0.4, -0.2) is 21.5 Å². The Balaban J connectivity index is 3.41. The lowest BCUT2D eigenvalue weighted by molar-refractivity contribution is 0.588. The zero-order valence-electron chi connectivity index (χ0n) is 12.0. The molecular weight excluding hydrogens is 262 g/mol. The third kappa shape index (κ3) is 3.39. The normalized spacial score (nSPS) is 11.9. The highest BCUT2D eigenvalue weighted by Crippen LogP contribution is 2.30. The Morgan fingerprint density at radius 3 is 2.21 bits per heavy atom. The number of benzene rings is 1. The van der Waals surface area contributed by atoms with Crippen molar-refractivity contribution in [1.82, 2.24) is 0 Å². The summed E-state index contributed by atoms with van der Waals surface area (Å²) in [6, 6.07) is 3.55. The minimum absolute atomic E-state index is 0.0975. The topological polar surface area (TPSA) is 89.4 Å². The van der Waals surface area contributed by atoms with Gasteiger partial charge in [-0.15, -0.1) is 0 Å². The predicted octanol–water partition coefficient (Wildman–Crippen LogP) is 1.85. The highest BCUT2D eigenvalue weighted by molar-refractivity contribution is 7.89. The summed E-state index contributed by atoms with van der Waals surface area (Å²) in [5.74, 6) is 0. The van der Waals surface area contributed by atoms with E-state index in [0.717, 1.165) is 18.5 Å². The maximum atomic E-state index is 11.6. The number of hydrogen-bond donors (Lipinski definition) is 2. The lowest BCUT2D eigenvalue weighted by Crippen LogP contribution is -2.31. The molecule has 5 nitrogen and oxygen atoms in total. The van der Waals surface area contributed by atoms with Gasteiger partial charge in [-0.05, 0) is 37.5 Å². The molecule has 0 saturated heterocycles. The van der Waals surface area contributed by atoms with E-state index in [0.29, 0.717) is 17.3 Å². The van der Waals surface area contributed by atoms with Crippen LogP contribution >= 0.6 is 0 Å². The van der Waals surface area contributed by atoms with Crippen molar-refractivity contribution < 1.29 is 8.42 Å². The number of hydrogen-bond acceptors (Lipinski definition) is 4. The summed E-state index contributed by atoms with van der Waals surface area (Å²) in [4.78, 5) is 2.17. The standard InChI is InChI=1S/C13H23N3O2S/c1-5-11(6-2)16(4)12-7-10(14)8-13(9(12)3)19(15,17)18/h7-8,11H,5-6,14H2,1-4H3,(H2,15,17,18). The van der Waals surface area contributed by atoms with Gasteiger partial charge in [0.05, 0.1) is 4.90 Å². The molecule has 0 unspecified atom stereocenters. The summed E-state index contributed by atoms with van der Waals surface area (Å²) >= 11 is 0. The van der Waals surface area contributed by atoms with Crippen LogP contribution in [0.3, 0.4) is 0 Å². The first kappa shape index (κ1) is 15.8. The fraction of sp³-hybridized carbons (Fsp3) is 0.538. The SMILES string of the molecule is CCC(CC)N(C)c1cc(N)cc(S(N)(=O)=O)c1C. The number of sulfonamides is 1. The Hall–Kier alpha value is -1.27. The lowest BCUT2D eigenvalue weighted by atomic mass is 10.1. The van der Waals surface area contributed by atoms with Crippen LogP contribution in [0.1, 0.15) is 32.3 Å². The van der Waals surface area contributed by atoms with Crippen LogP contribution in [0.4, 0.5) is 11.4 Å². The van der Waals surface area contributed by atoms with Gasteiger partial charge in [0.15, 0.2) is 0 Å². The van der Waals surface area contributed by atoms with Crippen LogP contribution in [0.25, 0.3) is 0 Å². The predicted molar refractivity (Wildman–Crippen MR) is 79.7 cm³/mol. The summed E-state index contributed by atoms with van der Waals surface area (Å²) in [6.45, 7) is 5.97. The second kappa shape index (κ2) is 5.79. The summed E-state index contributed by atoms with van der Waals surface area (Å²) in [7, 11) is -1.81. The molecule has 1 aromatic carbocycles. The van der Waals surface area contributed by atoms with E-state index in [1.165, 1.54) is 6.07 Å². The van der Waals surface area contributed by atoms with Gasteiger partial charge in [0, 0.05) is 24.5 Å². The molecule has 0 heterocycles. The summed E-state index contributed by atoms with van der Waals surface area (Å²) in [6.07, 6.45) is 1.96. The average Bonchev–Trinajstić information content (AvgIpc) is 2.31. The Morgan fingerprint density at radius 1 is 1.26 bits per heavy atom. The number of nitrogens with zero attached hydrogens (tertiary/aromatic N) is 1. The van der Waals surface area contributed by atoms with Gasteiger partial charge < -0.3 is 10.6 Å². The molecule has 0 aromatic heterocycles. The van der Waals surface area contributed by atoms with Crippen molar-refractivity contribution in [1.29, 1.82) is 0 Å². The molecule has 6 heteroatoms. The van der Waals surface area contributed by atoms with E-state index in [4.69, 9.17) is 10.9 Å². The Kier molecular flexibility index (Phi) is 4.81. The fourth-order valence-corrected chi connectivity index (χ4v) is 3.22. The van der Waals surface area contributed by atoms with Crippen molar-refractivity contribution in [2.45, 2.75) is 44.6 Å². The molecule has 0 radical (unpaired) electrons. The quantitative estimate of drug-likeness (QED) is 0.808. The third-order valence-electron chi connectivity index (χ3n) is 3.53. The highest BCUT2D eigenvalue weighted by atomic mass is 32.2. The van der Waals surface area contributed by atoms with E-state index in [-0.39, 0.29) is 4.90 Å². The van der Waals surface area contributed by atoms with E-state index in [1.807, 2.05) is 7.05 Å². The molecule has 0 aliphatic carbocycles. The van der Waals surface area contributed by atoms with Crippen LogP contribution in [0.2, 0.25) is 0 Å². The molecule has 19 heavy (non-hydrogen) atoms. The van der Waals surface area contributed by atoms with Gasteiger partial charge in [0.1, 0.15) is 0 Å². The molecule has 1 aromatic rings. The highest BCUT2D eigenvalue weighted by Gasteiger charge is 2.20. The van der Waals surface area contributed by atoms with Crippen molar-refractivity contribution in [3.63, 3.8) is 0 Å². The maximum Gasteiger partial charge on any atom is 0.238 e. The summed E-state index contributed by atoms with van der Waals surface area (Å²) < 4.78 is 23.2. The molecule has 0 saturated carbocycles. The number of nitrogens with two attached hydrogens (primary N) is 2. The van der Waals surface area contributed by atoms with Gasteiger partial charge in [0.2, 0.25) is 10.0 Å². The summed E-state index contributed by atoms with van der Waals surface area (Å²) in [5, 5.41) is 5.23. The minimum Gasteiger partial charge on any atom is -0.399 e. The first-order chi connectivity index (χ1) is 8.72. The smallest absolute Gasteiger partial charge is 0.238 e. The first-order valence-electron chi connectivity index (χ1n) is 6.38. The van der Waals surface area contributed by atoms with Gasteiger partial charge in [-0.25, -0.2) is 13.6 Å². The zero-order valence-corrected chi connectivity index (χ0v) is 12.8. The fourth-order valence-electron chi connectivity index (χ4n) is 2.39. The van der Waals surface area contributed by atoms with E-state index >= 15 is 0 Å². The molecule has 0 fully saturated rings. The van der Waals surface area contributed by atoms with E-state index < -0.39 is 10.0 Å². The van der Waals surface area contributed by atoms with Crippen molar-refractivity contribution in [3.05, 3.63) is 17.7 Å². The Labute approximate surface area is 115 Å². The number of anilines is 2. The molecule has 1 rings (SSSR count). The van der Waals surface area contributed by atoms with Gasteiger partial charge in [-0.3, -0.25) is 0 Å². The summed E-state index contributed by atoms with van der Waals surface area (Å²) in [5.41, 5.74) is 7.67. The Morgan fingerprint density at radius 2 is 1.79 bits per heavy atom. The number of rotatable bonds is 5. The van der Waals surface area contributed by atoms with Crippen LogP contribution in [0.15, 0.2) is 17.0 Å². The van der Waals surface area contributed by atoms with Crippen molar-refractivity contribution in [2.75, 3.05) is 17.7 Å². The molecule has 0 spiro atoms. The molecule has 0 aliphatic rings. The van der Waals surface area contributed by atoms with Crippen LogP contribution in [0.5, 0.6) is 0 Å². The first-order valence-corrected chi connectivity index (χ1v) is 7.92. The van der Waals surface area contributed by atoms with Crippen molar-refractivity contribution in [3.8, 4) is 0 Å². The third-order valence-corrected chi connectivity index (χ3v) is 4.57. The van der Waals surface area contributed by atoms with Gasteiger partial charge >= 0.3 is 0 Å². The molecule has 0 atom stereocenters. The van der Waals surface area contributed by atoms with E-state index in [9.17, 15) is 8.42 Å². The van der Waals surface area contributed by atoms with Gasteiger partial charge in [-0.2, -0.15) is 0 Å². The molecule has 0 amide bonds. The van der Waals surface area contributed by atoms with Crippen LogP contribution < -0.4 is 15.8 Å². The zero-order chi connectivity index (χ0) is 14.8. The monoisotopic (exact) mass is 285 g/mol. The van der Waals surface area contributed by atoms with Crippen LogP contribution in [-0.2, 0) is 10.0 Å². The Bertz CT molecular complexity index is 551. The van der Waals surface area contributed by atoms with Crippen LogP contribution in [0, 0.1) is 6.92 Å². The molecular formula is C13H23N3O2S.